The van der Waals surface area contributed by atoms with Gasteiger partial charge in [-0.15, -0.1) is 10.2 Å². The molecule has 5 rings (SSSR count). The highest BCUT2D eigenvalue weighted by Gasteiger charge is 2.10. The molecule has 3 aromatic heterocycles. The predicted molar refractivity (Wildman–Crippen MR) is 137 cm³/mol. The predicted octanol–water partition coefficient (Wildman–Crippen LogP) is 5.78. The number of hydrogen-bond acceptors (Lipinski definition) is 5. The number of aryl methyl sites for hydroxylation is 2. The molecule has 0 unspecified atom stereocenters. The van der Waals surface area contributed by atoms with Gasteiger partial charge in [-0.1, -0.05) is 84.3 Å². The zero-order valence-corrected chi connectivity index (χ0v) is 19.7. The normalized spacial score (nSPS) is 11.1. The highest BCUT2D eigenvalue weighted by atomic mass is 15.4. The lowest BCUT2D eigenvalue weighted by Crippen LogP contribution is -1.98. The molecule has 0 aliphatic rings. The molecule has 0 spiro atoms. The van der Waals surface area contributed by atoms with Gasteiger partial charge in [0.15, 0.2) is 0 Å². The third-order valence-corrected chi connectivity index (χ3v) is 6.10. The minimum atomic E-state index is 0.889. The van der Waals surface area contributed by atoms with Gasteiger partial charge in [-0.3, -0.25) is 9.67 Å². The van der Waals surface area contributed by atoms with Crippen molar-refractivity contribution in [1.29, 1.82) is 0 Å². The monoisotopic (exact) mass is 463 g/mol. The van der Waals surface area contributed by atoms with Crippen LogP contribution in [0.1, 0.15) is 37.8 Å². The molecule has 0 aliphatic heterocycles. The lowest BCUT2D eigenvalue weighted by molar-refractivity contribution is 0.517. The van der Waals surface area contributed by atoms with Crippen LogP contribution in [-0.2, 0) is 13.0 Å². The smallest absolute Gasteiger partial charge is 0.113 e. The fourth-order valence-electron chi connectivity index (χ4n) is 4.25. The summed E-state index contributed by atoms with van der Waals surface area (Å²) in [5.41, 5.74) is 6.37. The van der Waals surface area contributed by atoms with Crippen LogP contribution in [0.15, 0.2) is 91.5 Å². The third kappa shape index (κ3) is 5.87. The van der Waals surface area contributed by atoms with Crippen molar-refractivity contribution in [3.05, 3.63) is 97.2 Å². The lowest BCUT2D eigenvalue weighted by Gasteiger charge is -2.07. The van der Waals surface area contributed by atoms with Crippen molar-refractivity contribution in [3.8, 4) is 28.1 Å². The summed E-state index contributed by atoms with van der Waals surface area (Å²) in [7, 11) is 0. The molecule has 5 aromatic rings. The summed E-state index contributed by atoms with van der Waals surface area (Å²) >= 11 is 0. The Morgan fingerprint density at radius 1 is 0.657 bits per heavy atom. The van der Waals surface area contributed by atoms with Crippen LogP contribution in [0.3, 0.4) is 0 Å². The van der Waals surface area contributed by atoms with E-state index in [1.807, 2.05) is 29.1 Å². The molecule has 0 radical (unpaired) electrons. The van der Waals surface area contributed by atoms with Crippen molar-refractivity contribution in [2.45, 2.75) is 45.1 Å². The molecule has 0 saturated heterocycles. The maximum Gasteiger partial charge on any atom is 0.113 e. The van der Waals surface area contributed by atoms with Gasteiger partial charge in [0, 0.05) is 18.3 Å². The molecule has 0 amide bonds. The Labute approximate surface area is 205 Å². The van der Waals surface area contributed by atoms with Gasteiger partial charge in [0.1, 0.15) is 5.69 Å². The van der Waals surface area contributed by atoms with E-state index in [-0.39, 0.29) is 0 Å². The number of nitrogens with zero attached hydrogens (tertiary/aromatic N) is 7. The zero-order chi connectivity index (χ0) is 23.7. The van der Waals surface area contributed by atoms with Crippen molar-refractivity contribution in [3.63, 3.8) is 0 Å². The van der Waals surface area contributed by atoms with Gasteiger partial charge in [-0.2, -0.15) is 0 Å². The molecule has 176 valence electrons. The number of rotatable bonds is 11. The average molecular weight is 464 g/mol. The van der Waals surface area contributed by atoms with Crippen LogP contribution in [-0.4, -0.2) is 35.0 Å². The number of unbranched alkanes of at least 4 members (excludes halogenated alkanes) is 4. The van der Waals surface area contributed by atoms with E-state index in [2.05, 4.69) is 80.3 Å². The first-order valence-electron chi connectivity index (χ1n) is 12.2. The second-order valence-electron chi connectivity index (χ2n) is 8.66. The van der Waals surface area contributed by atoms with E-state index >= 15 is 0 Å². The van der Waals surface area contributed by atoms with Gasteiger partial charge in [0.05, 0.1) is 30.0 Å². The highest BCUT2D eigenvalue weighted by Crippen LogP contribution is 2.30. The molecule has 0 bridgehead atoms. The Morgan fingerprint density at radius 3 is 2.31 bits per heavy atom. The quantitative estimate of drug-likeness (QED) is 0.232. The summed E-state index contributed by atoms with van der Waals surface area (Å²) < 4.78 is 3.75. The van der Waals surface area contributed by atoms with Crippen LogP contribution in [0.2, 0.25) is 0 Å². The van der Waals surface area contributed by atoms with Crippen LogP contribution in [0.25, 0.3) is 28.1 Å². The van der Waals surface area contributed by atoms with Crippen LogP contribution in [0.5, 0.6) is 0 Å². The van der Waals surface area contributed by atoms with Crippen molar-refractivity contribution < 1.29 is 0 Å². The van der Waals surface area contributed by atoms with Crippen molar-refractivity contribution >= 4 is 0 Å². The van der Waals surface area contributed by atoms with Crippen LogP contribution >= 0.6 is 0 Å². The fraction of sp³-hybridized carbons (Fsp3) is 0.250. The molecule has 35 heavy (non-hydrogen) atoms. The van der Waals surface area contributed by atoms with E-state index in [9.17, 15) is 0 Å². The van der Waals surface area contributed by atoms with Crippen LogP contribution < -0.4 is 0 Å². The first-order valence-corrected chi connectivity index (χ1v) is 12.2. The molecule has 0 fully saturated rings. The van der Waals surface area contributed by atoms with Gasteiger partial charge in [-0.05, 0) is 42.5 Å². The Bertz CT molecular complexity index is 1330. The van der Waals surface area contributed by atoms with Gasteiger partial charge in [0.25, 0.3) is 0 Å². The number of benzene rings is 2. The highest BCUT2D eigenvalue weighted by molar-refractivity contribution is 5.81. The van der Waals surface area contributed by atoms with E-state index < -0.39 is 0 Å². The van der Waals surface area contributed by atoms with E-state index in [0.29, 0.717) is 0 Å². The Balaban J connectivity index is 1.05. The van der Waals surface area contributed by atoms with E-state index in [0.717, 1.165) is 48.4 Å². The van der Waals surface area contributed by atoms with Crippen molar-refractivity contribution in [2.24, 2.45) is 0 Å². The zero-order valence-electron chi connectivity index (χ0n) is 19.7. The molecule has 0 saturated carbocycles. The molecule has 7 heteroatoms. The Kier molecular flexibility index (Phi) is 7.33. The number of hydrogen-bond donors (Lipinski definition) is 0. The van der Waals surface area contributed by atoms with E-state index in [1.165, 1.54) is 30.4 Å². The fourth-order valence-corrected chi connectivity index (χ4v) is 4.25. The molecule has 0 N–H and O–H groups in total. The first kappa shape index (κ1) is 22.7. The van der Waals surface area contributed by atoms with Crippen molar-refractivity contribution in [2.75, 3.05) is 0 Å². The van der Waals surface area contributed by atoms with Gasteiger partial charge < -0.3 is 0 Å². The molecular weight excluding hydrogens is 434 g/mol. The second kappa shape index (κ2) is 11.3. The number of pyridine rings is 1. The maximum atomic E-state index is 4.45. The van der Waals surface area contributed by atoms with E-state index in [4.69, 9.17) is 0 Å². The second-order valence-corrected chi connectivity index (χ2v) is 8.66. The van der Waals surface area contributed by atoms with Crippen LogP contribution in [0.4, 0.5) is 0 Å². The van der Waals surface area contributed by atoms with Crippen molar-refractivity contribution in [1.82, 2.24) is 35.0 Å². The summed E-state index contributed by atoms with van der Waals surface area (Å²) in [5, 5.41) is 17.3. The third-order valence-electron chi connectivity index (χ3n) is 6.10. The average Bonchev–Trinajstić information content (AvgIpc) is 3.59. The van der Waals surface area contributed by atoms with Gasteiger partial charge in [-0.25, -0.2) is 4.68 Å². The summed E-state index contributed by atoms with van der Waals surface area (Å²) in [6.07, 6.45) is 14.3. The Morgan fingerprint density at radius 2 is 1.46 bits per heavy atom. The summed E-state index contributed by atoms with van der Waals surface area (Å²) in [4.78, 5) is 4.13. The standard InChI is InChI=1S/C28H29N7/c1(2-7-14-24-21-35(33-30-24)25-15-11-18-29-20-25)3-10-19-34-22-28(31-32-34)27-17-9-8-16-26(27)23-12-5-4-6-13-23/h4-6,8-9,11-13,15-18,20-22H,1-3,7,10,14,19H2. The van der Waals surface area contributed by atoms with Crippen LogP contribution in [0, 0.1) is 0 Å². The first-order chi connectivity index (χ1) is 17.4. The minimum Gasteiger partial charge on any atom is -0.262 e. The molecule has 0 aliphatic carbocycles. The summed E-state index contributed by atoms with van der Waals surface area (Å²) in [6.45, 7) is 0.889. The summed E-state index contributed by atoms with van der Waals surface area (Å²) in [6, 6.07) is 22.7. The SMILES string of the molecule is c1ccc(-c2ccccc2-c2cn(CCCCCCCc3cn(-c4cccnc4)nn3)nn2)cc1. The largest absolute Gasteiger partial charge is 0.262 e. The summed E-state index contributed by atoms with van der Waals surface area (Å²) in [5.74, 6) is 0. The molecule has 0 atom stereocenters. The molecule has 2 aromatic carbocycles. The topological polar surface area (TPSA) is 74.3 Å². The van der Waals surface area contributed by atoms with Gasteiger partial charge in [0.2, 0.25) is 0 Å². The van der Waals surface area contributed by atoms with E-state index in [1.54, 1.807) is 17.1 Å². The molecular formula is C28H29N7. The molecule has 3 heterocycles. The Hall–Kier alpha value is -4.13. The minimum absolute atomic E-state index is 0.889. The number of aromatic nitrogens is 7. The molecule has 7 nitrogen and oxygen atoms in total. The lowest BCUT2D eigenvalue weighted by atomic mass is 9.98. The van der Waals surface area contributed by atoms with Gasteiger partial charge >= 0.3 is 0 Å². The maximum absolute atomic E-state index is 4.45.